The van der Waals surface area contributed by atoms with Gasteiger partial charge in [0.15, 0.2) is 0 Å². The van der Waals surface area contributed by atoms with Crippen LogP contribution in [0, 0.1) is 34.9 Å². The van der Waals surface area contributed by atoms with Gasteiger partial charge in [-0.3, -0.25) is 0 Å². The van der Waals surface area contributed by atoms with Crippen molar-refractivity contribution in [3.63, 3.8) is 0 Å². The number of fused-ring (bicyclic) bond motifs is 1. The smallest absolute Gasteiger partial charge is 0.240 e. The van der Waals surface area contributed by atoms with Crippen molar-refractivity contribution in [2.24, 2.45) is 0 Å². The molecular formula is C21H9BrF6N2O3S. The molecule has 0 N–H and O–H groups in total. The number of aromatic nitrogens is 2. The molecular weight excluding hydrogens is 554 g/mol. The summed E-state index contributed by atoms with van der Waals surface area (Å²) in [6.45, 7) is 0. The van der Waals surface area contributed by atoms with Gasteiger partial charge in [0, 0.05) is 10.9 Å². The number of methoxy groups -OCH3 is 1. The van der Waals surface area contributed by atoms with Crippen molar-refractivity contribution >= 4 is 37.9 Å². The van der Waals surface area contributed by atoms with E-state index in [9.17, 15) is 30.6 Å². The van der Waals surface area contributed by atoms with Gasteiger partial charge in [0.1, 0.15) is 17.9 Å². The fraction of sp³-hybridized carbons (Fsp3) is 0.0476. The molecule has 0 radical (unpaired) electrons. The molecule has 5 nitrogen and oxygen atoms in total. The van der Waals surface area contributed by atoms with Crippen LogP contribution in [-0.2, 0) is 11.1 Å². The van der Waals surface area contributed by atoms with Crippen LogP contribution in [0.5, 0.6) is 11.5 Å². The molecule has 0 saturated carbocycles. The van der Waals surface area contributed by atoms with Crippen molar-refractivity contribution < 1.29 is 39.5 Å². The molecule has 0 spiro atoms. The molecule has 176 valence electrons. The van der Waals surface area contributed by atoms with E-state index in [-0.39, 0.29) is 31.9 Å². The molecule has 1 unspecified atom stereocenters. The molecule has 0 amide bonds. The van der Waals surface area contributed by atoms with Gasteiger partial charge in [0.2, 0.25) is 45.9 Å². The number of halogens is 7. The summed E-state index contributed by atoms with van der Waals surface area (Å²) in [7, 11) is 1.38. The zero-order valence-corrected chi connectivity index (χ0v) is 19.0. The van der Waals surface area contributed by atoms with Crippen molar-refractivity contribution in [2.75, 3.05) is 7.11 Å². The van der Waals surface area contributed by atoms with Crippen LogP contribution in [-0.4, -0.2) is 21.3 Å². The summed E-state index contributed by atoms with van der Waals surface area (Å²) in [5.74, 6) is -13.4. The normalized spacial score (nSPS) is 12.1. The lowest BCUT2D eigenvalue weighted by Gasteiger charge is -2.12. The molecule has 1 aromatic heterocycles. The molecule has 13 heteroatoms. The van der Waals surface area contributed by atoms with Crippen LogP contribution in [0.25, 0.3) is 22.2 Å². The maximum atomic E-state index is 14.2. The molecule has 0 aliphatic heterocycles. The zero-order valence-electron chi connectivity index (χ0n) is 16.6. The zero-order chi connectivity index (χ0) is 24.7. The van der Waals surface area contributed by atoms with Gasteiger partial charge in [-0.2, -0.15) is 8.78 Å². The van der Waals surface area contributed by atoms with Gasteiger partial charge >= 0.3 is 0 Å². The molecule has 0 aliphatic carbocycles. The largest absolute Gasteiger partial charge is 0.496 e. The van der Waals surface area contributed by atoms with E-state index in [1.54, 1.807) is 0 Å². The topological polar surface area (TPSA) is 61.3 Å². The quantitative estimate of drug-likeness (QED) is 0.169. The van der Waals surface area contributed by atoms with E-state index in [1.165, 1.54) is 37.4 Å². The fourth-order valence-electron chi connectivity index (χ4n) is 3.02. The minimum atomic E-state index is -2.69. The Hall–Kier alpha value is -3.19. The Kier molecular flexibility index (Phi) is 6.49. The van der Waals surface area contributed by atoms with Crippen molar-refractivity contribution in [1.82, 2.24) is 9.97 Å². The predicted molar refractivity (Wildman–Crippen MR) is 112 cm³/mol. The minimum absolute atomic E-state index is 0.162. The molecule has 1 atom stereocenters. The second-order valence-corrected chi connectivity index (χ2v) is 8.55. The number of benzene rings is 3. The monoisotopic (exact) mass is 562 g/mol. The second-order valence-electron chi connectivity index (χ2n) is 6.58. The van der Waals surface area contributed by atoms with Gasteiger partial charge < -0.3 is 8.92 Å². The van der Waals surface area contributed by atoms with Crippen molar-refractivity contribution in [3.05, 3.63) is 76.0 Å². The minimum Gasteiger partial charge on any atom is -0.496 e. The molecule has 1 heterocycles. The van der Waals surface area contributed by atoms with E-state index in [4.69, 9.17) is 4.74 Å². The summed E-state index contributed by atoms with van der Waals surface area (Å²) >= 11 is 0.377. The SMILES string of the molecule is COc1cc(Br)c(F)cc1-c1ncnc2cc(S(=O)Oc3c(F)c(F)c(F)c(F)c3F)ccc12. The first kappa shape index (κ1) is 24.0. The van der Waals surface area contributed by atoms with E-state index in [0.29, 0.717) is 5.39 Å². The Balaban J connectivity index is 1.76. The van der Waals surface area contributed by atoms with Crippen LogP contribution in [0.3, 0.4) is 0 Å². The van der Waals surface area contributed by atoms with E-state index in [1.807, 2.05) is 0 Å². The molecule has 0 saturated heterocycles. The highest BCUT2D eigenvalue weighted by Gasteiger charge is 2.29. The lowest BCUT2D eigenvalue weighted by atomic mass is 10.1. The van der Waals surface area contributed by atoms with Crippen LogP contribution in [0.2, 0.25) is 0 Å². The van der Waals surface area contributed by atoms with Gasteiger partial charge in [-0.15, -0.1) is 0 Å². The molecule has 0 aliphatic rings. The van der Waals surface area contributed by atoms with Crippen LogP contribution < -0.4 is 8.92 Å². The number of nitrogens with zero attached hydrogens (tertiary/aromatic N) is 2. The Bertz CT molecular complexity index is 1460. The summed E-state index contributed by atoms with van der Waals surface area (Å²) in [6.07, 6.45) is 1.13. The maximum Gasteiger partial charge on any atom is 0.240 e. The van der Waals surface area contributed by atoms with E-state index < -0.39 is 51.7 Å². The Morgan fingerprint density at radius 1 is 0.882 bits per heavy atom. The van der Waals surface area contributed by atoms with Gasteiger partial charge in [-0.05, 0) is 46.3 Å². The first-order chi connectivity index (χ1) is 16.1. The third-order valence-corrected chi connectivity index (χ3v) is 6.19. The number of rotatable bonds is 5. The van der Waals surface area contributed by atoms with E-state index >= 15 is 0 Å². The second kappa shape index (κ2) is 9.22. The average molecular weight is 563 g/mol. The molecule has 3 aromatic carbocycles. The molecule has 34 heavy (non-hydrogen) atoms. The number of ether oxygens (including phenoxy) is 1. The highest BCUT2D eigenvalue weighted by Crippen LogP contribution is 2.37. The van der Waals surface area contributed by atoms with Crippen LogP contribution in [0.4, 0.5) is 26.3 Å². The summed E-state index contributed by atoms with van der Waals surface area (Å²) in [6, 6.07) is 6.37. The lowest BCUT2D eigenvalue weighted by Crippen LogP contribution is -2.09. The number of hydrogen-bond acceptors (Lipinski definition) is 5. The van der Waals surface area contributed by atoms with Gasteiger partial charge in [0.05, 0.1) is 27.7 Å². The summed E-state index contributed by atoms with van der Waals surface area (Å²) in [4.78, 5) is 7.98. The van der Waals surface area contributed by atoms with Crippen LogP contribution in [0.1, 0.15) is 0 Å². The molecule has 4 aromatic rings. The highest BCUT2D eigenvalue weighted by atomic mass is 79.9. The van der Waals surface area contributed by atoms with Crippen LogP contribution >= 0.6 is 15.9 Å². The first-order valence-corrected chi connectivity index (χ1v) is 10.9. The lowest BCUT2D eigenvalue weighted by molar-refractivity contribution is 0.352. The van der Waals surface area contributed by atoms with Gasteiger partial charge in [-0.1, -0.05) is 0 Å². The van der Waals surface area contributed by atoms with Crippen LogP contribution in [0.15, 0.2) is 46.0 Å². The molecule has 4 rings (SSSR count). The Morgan fingerprint density at radius 2 is 1.53 bits per heavy atom. The van der Waals surface area contributed by atoms with Crippen molar-refractivity contribution in [1.29, 1.82) is 0 Å². The molecule has 0 bridgehead atoms. The van der Waals surface area contributed by atoms with E-state index in [0.717, 1.165) is 6.33 Å². The third-order valence-electron chi connectivity index (χ3n) is 4.63. The Labute approximate surface area is 198 Å². The van der Waals surface area contributed by atoms with E-state index in [2.05, 4.69) is 30.1 Å². The molecule has 0 fully saturated rings. The standard InChI is InChI=1S/C21H9BrF6N2O3S/c1-32-14-6-11(22)12(23)5-10(14)20-9-3-2-8(4-13(9)29-7-30-20)34(31)33-21-18(27)16(25)15(24)17(26)19(21)28/h2-7H,1H3. The average Bonchev–Trinajstić information content (AvgIpc) is 2.84. The number of hydrogen-bond donors (Lipinski definition) is 0. The van der Waals surface area contributed by atoms with Gasteiger partial charge in [0.25, 0.3) is 0 Å². The highest BCUT2D eigenvalue weighted by molar-refractivity contribution is 9.10. The van der Waals surface area contributed by atoms with Crippen molar-refractivity contribution in [3.8, 4) is 22.8 Å². The van der Waals surface area contributed by atoms with Gasteiger partial charge in [-0.25, -0.2) is 31.7 Å². The third kappa shape index (κ3) is 4.09. The summed E-state index contributed by atoms with van der Waals surface area (Å²) in [5.41, 5.74) is 0.704. The maximum absolute atomic E-state index is 14.2. The first-order valence-electron chi connectivity index (χ1n) is 9.03. The Morgan fingerprint density at radius 3 is 2.18 bits per heavy atom. The summed E-state index contributed by atoms with van der Waals surface area (Å²) in [5, 5.41) is 0.361. The predicted octanol–water partition coefficient (Wildman–Crippen LogP) is 6.00. The van der Waals surface area contributed by atoms with Crippen molar-refractivity contribution in [2.45, 2.75) is 4.90 Å². The summed E-state index contributed by atoms with van der Waals surface area (Å²) < 4.78 is 104. The fourth-order valence-corrected chi connectivity index (χ4v) is 4.12.